The van der Waals surface area contributed by atoms with Crippen molar-refractivity contribution in [1.82, 2.24) is 5.32 Å². The minimum absolute atomic E-state index is 0.0280. The van der Waals surface area contributed by atoms with E-state index in [4.69, 9.17) is 0 Å². The maximum Gasteiger partial charge on any atom is 0.251 e. The SMILES string of the molecule is CCC(C)C(NC(=O)c1ccccc1)C(=O)Nc1ccc(NC(=O)C2CC2)cc1. The Morgan fingerprint density at radius 3 is 2.07 bits per heavy atom. The molecule has 0 aliphatic heterocycles. The monoisotopic (exact) mass is 393 g/mol. The molecule has 0 saturated heterocycles. The van der Waals surface area contributed by atoms with Gasteiger partial charge in [-0.25, -0.2) is 0 Å². The van der Waals surface area contributed by atoms with Gasteiger partial charge in [0.05, 0.1) is 0 Å². The third-order valence-electron chi connectivity index (χ3n) is 5.19. The van der Waals surface area contributed by atoms with Crippen molar-refractivity contribution < 1.29 is 14.4 Å². The van der Waals surface area contributed by atoms with Crippen molar-refractivity contribution in [3.63, 3.8) is 0 Å². The van der Waals surface area contributed by atoms with Gasteiger partial charge in [0, 0.05) is 22.9 Å². The summed E-state index contributed by atoms with van der Waals surface area (Å²) >= 11 is 0. The normalized spacial score (nSPS) is 15.1. The van der Waals surface area contributed by atoms with E-state index in [0.717, 1.165) is 19.3 Å². The van der Waals surface area contributed by atoms with Gasteiger partial charge in [0.25, 0.3) is 5.91 Å². The predicted octanol–water partition coefficient (Wildman–Crippen LogP) is 3.82. The average Bonchev–Trinajstić information content (AvgIpc) is 3.58. The number of nitrogens with one attached hydrogen (secondary N) is 3. The fraction of sp³-hybridized carbons (Fsp3) is 0.348. The highest BCUT2D eigenvalue weighted by Crippen LogP contribution is 2.30. The number of carbonyl (C=O) groups excluding carboxylic acids is 3. The molecule has 6 heteroatoms. The molecule has 2 unspecified atom stereocenters. The lowest BCUT2D eigenvalue weighted by Crippen LogP contribution is -2.47. The highest BCUT2D eigenvalue weighted by atomic mass is 16.2. The maximum atomic E-state index is 12.8. The van der Waals surface area contributed by atoms with E-state index in [1.54, 1.807) is 48.5 Å². The summed E-state index contributed by atoms with van der Waals surface area (Å²) in [4.78, 5) is 37.2. The van der Waals surface area contributed by atoms with E-state index < -0.39 is 6.04 Å². The van der Waals surface area contributed by atoms with Crippen LogP contribution >= 0.6 is 0 Å². The molecule has 3 rings (SSSR count). The van der Waals surface area contributed by atoms with Gasteiger partial charge in [-0.1, -0.05) is 38.5 Å². The molecule has 0 bridgehead atoms. The Balaban J connectivity index is 1.63. The molecule has 2 aromatic rings. The summed E-state index contributed by atoms with van der Waals surface area (Å²) in [7, 11) is 0. The summed E-state index contributed by atoms with van der Waals surface area (Å²) in [6.07, 6.45) is 2.65. The van der Waals surface area contributed by atoms with E-state index in [1.807, 2.05) is 19.9 Å². The number of carbonyl (C=O) groups is 3. The zero-order valence-corrected chi connectivity index (χ0v) is 16.8. The van der Waals surface area contributed by atoms with Crippen LogP contribution in [0.15, 0.2) is 54.6 Å². The van der Waals surface area contributed by atoms with Gasteiger partial charge in [0.15, 0.2) is 0 Å². The summed E-state index contributed by atoms with van der Waals surface area (Å²) in [5.41, 5.74) is 1.83. The van der Waals surface area contributed by atoms with Gasteiger partial charge in [-0.15, -0.1) is 0 Å². The number of amides is 3. The van der Waals surface area contributed by atoms with Gasteiger partial charge in [-0.3, -0.25) is 14.4 Å². The predicted molar refractivity (Wildman–Crippen MR) is 114 cm³/mol. The van der Waals surface area contributed by atoms with Crippen LogP contribution in [-0.4, -0.2) is 23.8 Å². The molecule has 0 heterocycles. The van der Waals surface area contributed by atoms with Crippen LogP contribution in [0.4, 0.5) is 11.4 Å². The summed E-state index contributed by atoms with van der Waals surface area (Å²) in [6.45, 7) is 3.92. The van der Waals surface area contributed by atoms with Crippen molar-refractivity contribution in [2.45, 2.75) is 39.2 Å². The maximum absolute atomic E-state index is 12.8. The van der Waals surface area contributed by atoms with Crippen molar-refractivity contribution in [3.8, 4) is 0 Å². The molecular formula is C23H27N3O3. The molecule has 1 saturated carbocycles. The molecule has 152 valence electrons. The summed E-state index contributed by atoms with van der Waals surface area (Å²) in [6, 6.07) is 15.2. The molecular weight excluding hydrogens is 366 g/mol. The molecule has 2 aromatic carbocycles. The molecule has 1 aliphatic carbocycles. The number of rotatable bonds is 8. The number of benzene rings is 2. The van der Waals surface area contributed by atoms with E-state index in [0.29, 0.717) is 16.9 Å². The number of hydrogen-bond donors (Lipinski definition) is 3. The van der Waals surface area contributed by atoms with Crippen LogP contribution in [0.25, 0.3) is 0 Å². The zero-order chi connectivity index (χ0) is 20.8. The van der Waals surface area contributed by atoms with Gasteiger partial charge in [0.2, 0.25) is 11.8 Å². The largest absolute Gasteiger partial charge is 0.340 e. The smallest absolute Gasteiger partial charge is 0.251 e. The minimum Gasteiger partial charge on any atom is -0.340 e. The molecule has 3 amide bonds. The molecule has 1 aliphatic rings. The van der Waals surface area contributed by atoms with Gasteiger partial charge in [-0.05, 0) is 55.2 Å². The second-order valence-electron chi connectivity index (χ2n) is 7.53. The molecule has 0 aromatic heterocycles. The van der Waals surface area contributed by atoms with Crippen LogP contribution < -0.4 is 16.0 Å². The Kier molecular flexibility index (Phi) is 6.65. The van der Waals surface area contributed by atoms with Crippen molar-refractivity contribution in [3.05, 3.63) is 60.2 Å². The van der Waals surface area contributed by atoms with Crippen LogP contribution in [0.1, 0.15) is 43.5 Å². The summed E-state index contributed by atoms with van der Waals surface area (Å²) in [5.74, 6) is -0.386. The molecule has 29 heavy (non-hydrogen) atoms. The van der Waals surface area contributed by atoms with Crippen LogP contribution in [0.3, 0.4) is 0 Å². The first-order chi connectivity index (χ1) is 14.0. The van der Waals surface area contributed by atoms with Crippen LogP contribution in [0, 0.1) is 11.8 Å². The van der Waals surface area contributed by atoms with E-state index in [1.165, 1.54) is 0 Å². The standard InChI is InChI=1S/C23H27N3O3/c1-3-15(2)20(26-22(28)16-7-5-4-6-8-16)23(29)25-19-13-11-18(12-14-19)24-21(27)17-9-10-17/h4-8,11-15,17,20H,3,9-10H2,1-2H3,(H,24,27)(H,25,29)(H,26,28). The highest BCUT2D eigenvalue weighted by molar-refractivity contribution is 6.01. The summed E-state index contributed by atoms with van der Waals surface area (Å²) in [5, 5.41) is 8.59. The second kappa shape index (κ2) is 9.37. The van der Waals surface area contributed by atoms with E-state index in [9.17, 15) is 14.4 Å². The fourth-order valence-electron chi connectivity index (χ4n) is 2.96. The van der Waals surface area contributed by atoms with Crippen LogP contribution in [0.2, 0.25) is 0 Å². The topological polar surface area (TPSA) is 87.3 Å². The number of hydrogen-bond acceptors (Lipinski definition) is 3. The first-order valence-corrected chi connectivity index (χ1v) is 10.1. The Hall–Kier alpha value is -3.15. The molecule has 0 radical (unpaired) electrons. The zero-order valence-electron chi connectivity index (χ0n) is 16.8. The quantitative estimate of drug-likeness (QED) is 0.637. The first kappa shape index (κ1) is 20.6. The molecule has 1 fully saturated rings. The number of anilines is 2. The van der Waals surface area contributed by atoms with Gasteiger partial charge in [0.1, 0.15) is 6.04 Å². The fourth-order valence-corrected chi connectivity index (χ4v) is 2.96. The van der Waals surface area contributed by atoms with E-state index >= 15 is 0 Å². The average molecular weight is 393 g/mol. The van der Waals surface area contributed by atoms with E-state index in [2.05, 4.69) is 16.0 Å². The van der Waals surface area contributed by atoms with E-state index in [-0.39, 0.29) is 29.6 Å². The van der Waals surface area contributed by atoms with Crippen molar-refractivity contribution in [2.24, 2.45) is 11.8 Å². The van der Waals surface area contributed by atoms with Crippen molar-refractivity contribution >= 4 is 29.1 Å². The lowest BCUT2D eigenvalue weighted by Gasteiger charge is -2.23. The van der Waals surface area contributed by atoms with Gasteiger partial charge < -0.3 is 16.0 Å². The lowest BCUT2D eigenvalue weighted by atomic mass is 9.97. The molecule has 6 nitrogen and oxygen atoms in total. The molecule has 2 atom stereocenters. The Labute approximate surface area is 171 Å². The van der Waals surface area contributed by atoms with Gasteiger partial charge in [-0.2, -0.15) is 0 Å². The Morgan fingerprint density at radius 1 is 0.931 bits per heavy atom. The van der Waals surface area contributed by atoms with Crippen LogP contribution in [0.5, 0.6) is 0 Å². The third kappa shape index (κ3) is 5.67. The molecule has 3 N–H and O–H groups in total. The third-order valence-corrected chi connectivity index (χ3v) is 5.19. The van der Waals surface area contributed by atoms with Crippen LogP contribution in [-0.2, 0) is 9.59 Å². The Morgan fingerprint density at radius 2 is 1.52 bits per heavy atom. The van der Waals surface area contributed by atoms with Gasteiger partial charge >= 0.3 is 0 Å². The lowest BCUT2D eigenvalue weighted by molar-refractivity contribution is -0.119. The first-order valence-electron chi connectivity index (χ1n) is 10.1. The van der Waals surface area contributed by atoms with Crippen molar-refractivity contribution in [1.29, 1.82) is 0 Å². The minimum atomic E-state index is -0.651. The highest BCUT2D eigenvalue weighted by Gasteiger charge is 2.29. The Bertz CT molecular complexity index is 861. The molecule has 0 spiro atoms. The van der Waals surface area contributed by atoms with Crippen molar-refractivity contribution in [2.75, 3.05) is 10.6 Å². The second-order valence-corrected chi connectivity index (χ2v) is 7.53. The summed E-state index contributed by atoms with van der Waals surface area (Å²) < 4.78 is 0.